The topological polar surface area (TPSA) is 55.4 Å². The Balaban J connectivity index is 1.95. The fraction of sp³-hybridized carbons (Fsp3) is 0.600. The molecule has 5 heteroatoms. The van der Waals surface area contributed by atoms with Crippen LogP contribution in [0.15, 0.2) is 0 Å². The normalized spacial score (nSPS) is 21.2. The molecule has 0 radical (unpaired) electrons. The minimum absolute atomic E-state index is 0.0433. The first-order chi connectivity index (χ1) is 9.60. The smallest absolute Gasteiger partial charge is 0.341 e. The minimum atomic E-state index is -0.331. The van der Waals surface area contributed by atoms with Gasteiger partial charge in [-0.3, -0.25) is 4.79 Å². The molecule has 1 saturated carbocycles. The maximum atomic E-state index is 12.1. The van der Waals surface area contributed by atoms with E-state index in [1.54, 1.807) is 11.3 Å². The van der Waals surface area contributed by atoms with Gasteiger partial charge in [-0.2, -0.15) is 0 Å². The first-order valence-corrected chi connectivity index (χ1v) is 7.95. The van der Waals surface area contributed by atoms with E-state index >= 15 is 0 Å². The van der Waals surface area contributed by atoms with Gasteiger partial charge in [0.05, 0.1) is 12.7 Å². The van der Waals surface area contributed by atoms with E-state index in [1.807, 2.05) is 0 Å². The molecule has 2 aliphatic carbocycles. The van der Waals surface area contributed by atoms with E-state index in [0.29, 0.717) is 16.5 Å². The second kappa shape index (κ2) is 5.20. The Morgan fingerprint density at radius 3 is 2.70 bits per heavy atom. The molecule has 0 spiro atoms. The number of ether oxygens (including phenoxy) is 1. The molecule has 4 nitrogen and oxygen atoms in total. The molecule has 0 saturated heterocycles. The number of esters is 1. The van der Waals surface area contributed by atoms with E-state index in [0.717, 1.165) is 37.7 Å². The molecule has 1 fully saturated rings. The van der Waals surface area contributed by atoms with Gasteiger partial charge in [0, 0.05) is 10.8 Å². The zero-order valence-electron chi connectivity index (χ0n) is 11.8. The van der Waals surface area contributed by atoms with E-state index in [1.165, 1.54) is 12.0 Å². The third-order valence-corrected chi connectivity index (χ3v) is 5.29. The highest BCUT2D eigenvalue weighted by Gasteiger charge is 2.33. The van der Waals surface area contributed by atoms with E-state index in [2.05, 4.69) is 12.2 Å². The van der Waals surface area contributed by atoms with E-state index in [9.17, 15) is 9.59 Å². The molecule has 0 bridgehead atoms. The standard InChI is InChI=1S/C15H19NO3S/c1-8-3-6-11-10(7-8)12(15(18)19-2)14(20-11)16-13(17)9-4-5-9/h8-9H,3-7H2,1-2H3,(H,16,17). The van der Waals surface area contributed by atoms with Gasteiger partial charge >= 0.3 is 5.97 Å². The zero-order chi connectivity index (χ0) is 14.3. The van der Waals surface area contributed by atoms with E-state index in [-0.39, 0.29) is 17.8 Å². The third kappa shape index (κ3) is 2.46. The van der Waals surface area contributed by atoms with Gasteiger partial charge in [-0.1, -0.05) is 6.92 Å². The maximum absolute atomic E-state index is 12.1. The number of rotatable bonds is 3. The first-order valence-electron chi connectivity index (χ1n) is 7.13. The van der Waals surface area contributed by atoms with Crippen molar-refractivity contribution in [3.63, 3.8) is 0 Å². The van der Waals surface area contributed by atoms with Crippen LogP contribution in [0.3, 0.4) is 0 Å². The van der Waals surface area contributed by atoms with Crippen LogP contribution in [0.25, 0.3) is 0 Å². The molecular weight excluding hydrogens is 274 g/mol. The fourth-order valence-corrected chi connectivity index (χ4v) is 3.96. The van der Waals surface area contributed by atoms with Gasteiger partial charge in [-0.25, -0.2) is 4.79 Å². The Morgan fingerprint density at radius 2 is 2.05 bits per heavy atom. The highest BCUT2D eigenvalue weighted by atomic mass is 32.1. The number of hydrogen-bond donors (Lipinski definition) is 1. The van der Waals surface area contributed by atoms with Crippen LogP contribution in [0.2, 0.25) is 0 Å². The number of carbonyl (C=O) groups is 2. The van der Waals surface area contributed by atoms with Crippen LogP contribution in [0.1, 0.15) is 47.0 Å². The maximum Gasteiger partial charge on any atom is 0.341 e. The lowest BCUT2D eigenvalue weighted by molar-refractivity contribution is -0.117. The summed E-state index contributed by atoms with van der Waals surface area (Å²) in [5.41, 5.74) is 1.68. The van der Waals surface area contributed by atoms with Gasteiger partial charge in [-0.15, -0.1) is 11.3 Å². The Kier molecular flexibility index (Phi) is 3.54. The molecule has 0 aliphatic heterocycles. The molecule has 0 aromatic carbocycles. The van der Waals surface area contributed by atoms with Crippen molar-refractivity contribution < 1.29 is 14.3 Å². The Bertz CT molecular complexity index is 560. The van der Waals surface area contributed by atoms with Crippen LogP contribution < -0.4 is 5.32 Å². The first kappa shape index (κ1) is 13.6. The molecule has 1 aromatic heterocycles. The summed E-state index contributed by atoms with van der Waals surface area (Å²) in [4.78, 5) is 25.3. The molecule has 1 atom stereocenters. The second-order valence-electron chi connectivity index (χ2n) is 5.81. The fourth-order valence-electron chi connectivity index (χ4n) is 2.72. The number of thiophene rings is 1. The van der Waals surface area contributed by atoms with Crippen molar-refractivity contribution in [2.24, 2.45) is 11.8 Å². The number of methoxy groups -OCH3 is 1. The summed E-state index contributed by atoms with van der Waals surface area (Å²) in [7, 11) is 1.39. The van der Waals surface area contributed by atoms with Gasteiger partial charge in [0.25, 0.3) is 0 Å². The van der Waals surface area contributed by atoms with Crippen LogP contribution in [0.4, 0.5) is 5.00 Å². The Labute approximate surface area is 122 Å². The van der Waals surface area contributed by atoms with Crippen molar-refractivity contribution in [3.05, 3.63) is 16.0 Å². The molecule has 108 valence electrons. The number of carbonyl (C=O) groups excluding carboxylic acids is 2. The summed E-state index contributed by atoms with van der Waals surface area (Å²) in [5, 5.41) is 3.63. The molecule has 2 aliphatic rings. The monoisotopic (exact) mass is 293 g/mol. The lowest BCUT2D eigenvalue weighted by Gasteiger charge is -2.18. The second-order valence-corrected chi connectivity index (χ2v) is 6.92. The van der Waals surface area contributed by atoms with Crippen molar-refractivity contribution in [2.45, 2.75) is 39.0 Å². The third-order valence-electron chi connectivity index (χ3n) is 4.08. The molecule has 1 aromatic rings. The Hall–Kier alpha value is -1.36. The van der Waals surface area contributed by atoms with Gasteiger partial charge < -0.3 is 10.1 Å². The number of anilines is 1. The molecule has 1 amide bonds. The van der Waals surface area contributed by atoms with Gasteiger partial charge in [0.1, 0.15) is 5.00 Å². The van der Waals surface area contributed by atoms with Crippen LogP contribution in [-0.2, 0) is 22.4 Å². The van der Waals surface area contributed by atoms with Crippen molar-refractivity contribution in [3.8, 4) is 0 Å². The quantitative estimate of drug-likeness (QED) is 0.872. The summed E-state index contributed by atoms with van der Waals surface area (Å²) < 4.78 is 4.91. The zero-order valence-corrected chi connectivity index (χ0v) is 12.6. The largest absolute Gasteiger partial charge is 0.465 e. The average Bonchev–Trinajstić information content (AvgIpc) is 3.21. The van der Waals surface area contributed by atoms with Gasteiger partial charge in [0.15, 0.2) is 0 Å². The summed E-state index contributed by atoms with van der Waals surface area (Å²) >= 11 is 1.55. The summed E-state index contributed by atoms with van der Waals surface area (Å²) in [5.74, 6) is 0.426. The predicted octanol–water partition coefficient (Wildman–Crippen LogP) is 3.01. The van der Waals surface area contributed by atoms with Crippen molar-refractivity contribution in [1.82, 2.24) is 0 Å². The number of fused-ring (bicyclic) bond motifs is 1. The molecular formula is C15H19NO3S. The molecule has 1 unspecified atom stereocenters. The summed E-state index contributed by atoms with van der Waals surface area (Å²) in [6, 6.07) is 0. The number of nitrogens with one attached hydrogen (secondary N) is 1. The van der Waals surface area contributed by atoms with Crippen molar-refractivity contribution >= 4 is 28.2 Å². The van der Waals surface area contributed by atoms with Crippen molar-refractivity contribution in [2.75, 3.05) is 12.4 Å². The molecule has 20 heavy (non-hydrogen) atoms. The lowest BCUT2D eigenvalue weighted by atomic mass is 9.88. The molecule has 3 rings (SSSR count). The van der Waals surface area contributed by atoms with Crippen molar-refractivity contribution in [1.29, 1.82) is 0 Å². The predicted molar refractivity (Wildman–Crippen MR) is 78.2 cm³/mol. The highest BCUT2D eigenvalue weighted by molar-refractivity contribution is 7.17. The number of aryl methyl sites for hydroxylation is 1. The lowest BCUT2D eigenvalue weighted by Crippen LogP contribution is -2.17. The molecule has 1 N–H and O–H groups in total. The number of amides is 1. The van der Waals surface area contributed by atoms with Crippen LogP contribution in [0, 0.1) is 11.8 Å². The minimum Gasteiger partial charge on any atom is -0.465 e. The van der Waals surface area contributed by atoms with E-state index < -0.39 is 0 Å². The average molecular weight is 293 g/mol. The number of hydrogen-bond acceptors (Lipinski definition) is 4. The van der Waals surface area contributed by atoms with Crippen LogP contribution in [-0.4, -0.2) is 19.0 Å². The van der Waals surface area contributed by atoms with Gasteiger partial charge in [-0.05, 0) is 43.6 Å². The molecule has 1 heterocycles. The Morgan fingerprint density at radius 1 is 1.30 bits per heavy atom. The van der Waals surface area contributed by atoms with Gasteiger partial charge in [0.2, 0.25) is 5.91 Å². The van der Waals surface area contributed by atoms with E-state index in [4.69, 9.17) is 4.74 Å². The van der Waals surface area contributed by atoms with Crippen LogP contribution >= 0.6 is 11.3 Å². The highest BCUT2D eigenvalue weighted by Crippen LogP contribution is 2.41. The SMILES string of the molecule is COC(=O)c1c(NC(=O)C2CC2)sc2c1CC(C)CC2. The van der Waals surface area contributed by atoms with Crippen LogP contribution in [0.5, 0.6) is 0 Å². The summed E-state index contributed by atoms with van der Waals surface area (Å²) in [6.45, 7) is 2.20. The summed E-state index contributed by atoms with van der Waals surface area (Å²) in [6.07, 6.45) is 4.95.